The molecule has 35 heavy (non-hydrogen) atoms. The first kappa shape index (κ1) is 24.8. The van der Waals surface area contributed by atoms with Crippen molar-refractivity contribution in [1.82, 2.24) is 10.2 Å². The number of carboxylic acids is 1. The van der Waals surface area contributed by atoms with Crippen LogP contribution < -0.4 is 5.32 Å². The number of carbonyl (C=O) groups is 3. The Bertz CT molecular complexity index is 1030. The predicted octanol–water partition coefficient (Wildman–Crippen LogP) is 4.65. The quantitative estimate of drug-likeness (QED) is 0.576. The van der Waals surface area contributed by atoms with Gasteiger partial charge in [0.2, 0.25) is 5.91 Å². The van der Waals surface area contributed by atoms with Crippen LogP contribution in [0.2, 0.25) is 0 Å². The van der Waals surface area contributed by atoms with Crippen molar-refractivity contribution < 1.29 is 24.2 Å². The standard InChI is InChI=1S/C28H34N2O5/c1-18(2)26(27(33)30-15-13-19(14-16-30)11-12-25(31)32)29-28(34)35-17-24-22-9-5-3-7-20(22)21-8-4-6-10-23(21)24/h3-10,18-19,24,26H,11-17H2,1-2H3,(H,29,34)(H,31,32)/t26-/m1/s1. The highest BCUT2D eigenvalue weighted by Crippen LogP contribution is 2.44. The number of carbonyl (C=O) groups excluding carboxylic acids is 2. The van der Waals surface area contributed by atoms with Crippen LogP contribution in [0.5, 0.6) is 0 Å². The van der Waals surface area contributed by atoms with Crippen LogP contribution in [0.15, 0.2) is 48.5 Å². The number of hydrogen-bond donors (Lipinski definition) is 2. The summed E-state index contributed by atoms with van der Waals surface area (Å²) in [6, 6.07) is 15.7. The fraction of sp³-hybridized carbons (Fsp3) is 0.464. The Morgan fingerprint density at radius 1 is 1.00 bits per heavy atom. The molecule has 1 aliphatic heterocycles. The van der Waals surface area contributed by atoms with Gasteiger partial charge in [-0.3, -0.25) is 9.59 Å². The number of ether oxygens (including phenoxy) is 1. The van der Waals surface area contributed by atoms with E-state index in [1.54, 1.807) is 4.90 Å². The monoisotopic (exact) mass is 478 g/mol. The average Bonchev–Trinajstić information content (AvgIpc) is 3.18. The van der Waals surface area contributed by atoms with Crippen LogP contribution in [0.3, 0.4) is 0 Å². The summed E-state index contributed by atoms with van der Waals surface area (Å²) >= 11 is 0. The summed E-state index contributed by atoms with van der Waals surface area (Å²) in [6.07, 6.45) is 1.79. The van der Waals surface area contributed by atoms with Crippen molar-refractivity contribution in [3.8, 4) is 11.1 Å². The van der Waals surface area contributed by atoms with E-state index in [-0.39, 0.29) is 30.8 Å². The van der Waals surface area contributed by atoms with Crippen LogP contribution in [0.1, 0.15) is 56.6 Å². The van der Waals surface area contributed by atoms with Gasteiger partial charge in [-0.15, -0.1) is 0 Å². The summed E-state index contributed by atoms with van der Waals surface area (Å²) in [5.74, 6) is -0.692. The summed E-state index contributed by atoms with van der Waals surface area (Å²) in [5, 5.41) is 11.7. The molecule has 1 heterocycles. The van der Waals surface area contributed by atoms with Crippen molar-refractivity contribution in [2.45, 2.75) is 51.5 Å². The molecule has 2 aliphatic rings. The fourth-order valence-corrected chi connectivity index (χ4v) is 5.25. The number of nitrogens with zero attached hydrogens (tertiary/aromatic N) is 1. The lowest BCUT2D eigenvalue weighted by molar-refractivity contribution is -0.138. The molecule has 0 radical (unpaired) electrons. The maximum atomic E-state index is 13.2. The predicted molar refractivity (Wildman–Crippen MR) is 133 cm³/mol. The Morgan fingerprint density at radius 3 is 2.11 bits per heavy atom. The van der Waals surface area contributed by atoms with E-state index < -0.39 is 18.1 Å². The summed E-state index contributed by atoms with van der Waals surface area (Å²) in [5.41, 5.74) is 4.62. The van der Waals surface area contributed by atoms with Gasteiger partial charge >= 0.3 is 12.1 Å². The Labute approximate surface area is 206 Å². The maximum Gasteiger partial charge on any atom is 0.407 e. The Hall–Kier alpha value is -3.35. The molecule has 0 bridgehead atoms. The van der Waals surface area contributed by atoms with E-state index in [2.05, 4.69) is 29.6 Å². The fourth-order valence-electron chi connectivity index (χ4n) is 5.25. The lowest BCUT2D eigenvalue weighted by atomic mass is 9.91. The molecule has 1 aliphatic carbocycles. The van der Waals surface area contributed by atoms with Crippen LogP contribution in [-0.4, -0.2) is 53.7 Å². The number of nitrogens with one attached hydrogen (secondary N) is 1. The van der Waals surface area contributed by atoms with Gasteiger partial charge in [0, 0.05) is 25.4 Å². The second-order valence-electron chi connectivity index (χ2n) is 9.89. The topological polar surface area (TPSA) is 95.9 Å². The third-order valence-electron chi connectivity index (χ3n) is 7.24. The van der Waals surface area contributed by atoms with E-state index in [9.17, 15) is 14.4 Å². The van der Waals surface area contributed by atoms with Crippen LogP contribution in [0, 0.1) is 11.8 Å². The van der Waals surface area contributed by atoms with E-state index >= 15 is 0 Å². The summed E-state index contributed by atoms with van der Waals surface area (Å²) in [4.78, 5) is 38.6. The molecule has 0 unspecified atom stereocenters. The Kier molecular flexibility index (Phi) is 7.73. The highest BCUT2D eigenvalue weighted by Gasteiger charge is 2.33. The van der Waals surface area contributed by atoms with E-state index in [0.29, 0.717) is 25.4 Å². The van der Waals surface area contributed by atoms with Gasteiger partial charge in [0.05, 0.1) is 0 Å². The highest BCUT2D eigenvalue weighted by atomic mass is 16.5. The Morgan fingerprint density at radius 2 is 1.57 bits per heavy atom. The lowest BCUT2D eigenvalue weighted by Crippen LogP contribution is -2.53. The minimum atomic E-state index is -0.782. The van der Waals surface area contributed by atoms with Crippen molar-refractivity contribution in [2.24, 2.45) is 11.8 Å². The minimum absolute atomic E-state index is 0.0359. The smallest absolute Gasteiger partial charge is 0.407 e. The first-order valence-electron chi connectivity index (χ1n) is 12.5. The number of rotatable bonds is 8. The minimum Gasteiger partial charge on any atom is -0.481 e. The molecule has 2 aromatic rings. The molecular weight excluding hydrogens is 444 g/mol. The van der Waals surface area contributed by atoms with E-state index in [0.717, 1.165) is 24.0 Å². The van der Waals surface area contributed by atoms with Crippen LogP contribution >= 0.6 is 0 Å². The second kappa shape index (κ2) is 10.9. The first-order valence-corrected chi connectivity index (χ1v) is 12.5. The molecule has 7 heteroatoms. The normalized spacial score (nSPS) is 16.5. The van der Waals surface area contributed by atoms with Crippen molar-refractivity contribution in [3.05, 3.63) is 59.7 Å². The molecule has 186 valence electrons. The molecule has 2 amide bonds. The number of carboxylic acid groups (broad SMARTS) is 1. The van der Waals surface area contributed by atoms with E-state index in [1.165, 1.54) is 11.1 Å². The molecule has 4 rings (SSSR count). The van der Waals surface area contributed by atoms with Gasteiger partial charge in [-0.2, -0.15) is 0 Å². The highest BCUT2D eigenvalue weighted by molar-refractivity contribution is 5.86. The first-order chi connectivity index (χ1) is 16.8. The SMILES string of the molecule is CC(C)[C@@H](NC(=O)OCC1c2ccccc2-c2ccccc21)C(=O)N1CCC(CCC(=O)O)CC1. The Balaban J connectivity index is 1.34. The van der Waals surface area contributed by atoms with Crippen LogP contribution in [-0.2, 0) is 14.3 Å². The van der Waals surface area contributed by atoms with Crippen molar-refractivity contribution >= 4 is 18.0 Å². The molecule has 0 saturated carbocycles. The zero-order valence-electron chi connectivity index (χ0n) is 20.4. The number of hydrogen-bond acceptors (Lipinski definition) is 4. The van der Waals surface area contributed by atoms with Crippen LogP contribution in [0.4, 0.5) is 4.79 Å². The van der Waals surface area contributed by atoms with Gasteiger partial charge in [-0.25, -0.2) is 4.79 Å². The van der Waals surface area contributed by atoms with Gasteiger partial charge in [-0.1, -0.05) is 62.4 Å². The van der Waals surface area contributed by atoms with Gasteiger partial charge in [-0.05, 0) is 53.4 Å². The summed E-state index contributed by atoms with van der Waals surface area (Å²) in [7, 11) is 0. The molecule has 7 nitrogen and oxygen atoms in total. The third kappa shape index (κ3) is 5.66. The molecule has 0 aromatic heterocycles. The average molecular weight is 479 g/mol. The molecule has 2 aromatic carbocycles. The summed E-state index contributed by atoms with van der Waals surface area (Å²) < 4.78 is 5.65. The van der Waals surface area contributed by atoms with Crippen molar-refractivity contribution in [1.29, 1.82) is 0 Å². The number of amides is 2. The summed E-state index contributed by atoms with van der Waals surface area (Å²) in [6.45, 7) is 5.18. The number of aliphatic carboxylic acids is 1. The van der Waals surface area contributed by atoms with Crippen LogP contribution in [0.25, 0.3) is 11.1 Å². The third-order valence-corrected chi connectivity index (χ3v) is 7.24. The zero-order valence-corrected chi connectivity index (χ0v) is 20.4. The van der Waals surface area contributed by atoms with Crippen molar-refractivity contribution in [2.75, 3.05) is 19.7 Å². The van der Waals surface area contributed by atoms with Gasteiger partial charge in [0.1, 0.15) is 12.6 Å². The van der Waals surface area contributed by atoms with E-state index in [1.807, 2.05) is 38.1 Å². The second-order valence-corrected chi connectivity index (χ2v) is 9.89. The maximum absolute atomic E-state index is 13.2. The number of piperidine rings is 1. The molecule has 0 spiro atoms. The molecule has 1 fully saturated rings. The number of benzene rings is 2. The van der Waals surface area contributed by atoms with Gasteiger partial charge in [0.25, 0.3) is 0 Å². The molecular formula is C28H34N2O5. The van der Waals surface area contributed by atoms with Crippen molar-refractivity contribution in [3.63, 3.8) is 0 Å². The number of likely N-dealkylation sites (tertiary alicyclic amines) is 1. The molecule has 2 N–H and O–H groups in total. The number of alkyl carbamates (subject to hydrolysis) is 1. The number of fused-ring (bicyclic) bond motifs is 3. The lowest BCUT2D eigenvalue weighted by Gasteiger charge is -2.35. The molecule has 1 saturated heterocycles. The zero-order chi connectivity index (χ0) is 24.9. The molecule has 1 atom stereocenters. The van der Waals surface area contributed by atoms with Gasteiger partial charge in [0.15, 0.2) is 0 Å². The van der Waals surface area contributed by atoms with E-state index in [4.69, 9.17) is 9.84 Å². The van der Waals surface area contributed by atoms with Gasteiger partial charge < -0.3 is 20.1 Å². The largest absolute Gasteiger partial charge is 0.481 e.